The van der Waals surface area contributed by atoms with Crippen LogP contribution in [0.3, 0.4) is 0 Å². The third-order valence-corrected chi connectivity index (χ3v) is 3.72. The van der Waals surface area contributed by atoms with Gasteiger partial charge in [-0.1, -0.05) is 42.5 Å². The van der Waals surface area contributed by atoms with Gasteiger partial charge in [-0.25, -0.2) is 0 Å². The molecule has 3 aromatic rings. The number of aromatic nitrogens is 2. The van der Waals surface area contributed by atoms with E-state index >= 15 is 0 Å². The summed E-state index contributed by atoms with van der Waals surface area (Å²) in [6, 6.07) is 16.5. The molecular weight excluding hydrogens is 370 g/mol. The molecule has 1 aromatic heterocycles. The van der Waals surface area contributed by atoms with Crippen LogP contribution in [0.2, 0.25) is 0 Å². The lowest BCUT2D eigenvalue weighted by Gasteiger charge is -2.07. The van der Waals surface area contributed by atoms with E-state index in [0.717, 1.165) is 5.56 Å². The van der Waals surface area contributed by atoms with Crippen molar-refractivity contribution in [1.29, 1.82) is 0 Å². The summed E-state index contributed by atoms with van der Waals surface area (Å²) >= 11 is 0. The molecule has 0 spiro atoms. The van der Waals surface area contributed by atoms with Crippen molar-refractivity contribution in [2.75, 3.05) is 0 Å². The van der Waals surface area contributed by atoms with Gasteiger partial charge in [0.1, 0.15) is 11.4 Å². The molecule has 28 heavy (non-hydrogen) atoms. The SMILES string of the molecule is O=C(Cc1ccc(OC(F)F)cc1)NNC(=O)c1cc(-c2ccccc2)n[nH]1. The maximum atomic E-state index is 12.1. The largest absolute Gasteiger partial charge is 0.435 e. The van der Waals surface area contributed by atoms with Gasteiger partial charge in [-0.15, -0.1) is 0 Å². The van der Waals surface area contributed by atoms with Gasteiger partial charge in [-0.2, -0.15) is 13.9 Å². The Bertz CT molecular complexity index is 943. The molecular formula is C19H16F2N4O3. The zero-order chi connectivity index (χ0) is 19.9. The number of rotatable bonds is 6. The van der Waals surface area contributed by atoms with Crippen molar-refractivity contribution < 1.29 is 23.1 Å². The molecule has 1 heterocycles. The van der Waals surface area contributed by atoms with Crippen LogP contribution in [0.5, 0.6) is 5.75 Å². The van der Waals surface area contributed by atoms with Gasteiger partial charge in [0.2, 0.25) is 5.91 Å². The van der Waals surface area contributed by atoms with Crippen molar-refractivity contribution in [2.24, 2.45) is 0 Å². The minimum atomic E-state index is -2.91. The molecule has 0 atom stereocenters. The fourth-order valence-electron chi connectivity index (χ4n) is 2.41. The van der Waals surface area contributed by atoms with Gasteiger partial charge in [-0.05, 0) is 23.8 Å². The average molecular weight is 386 g/mol. The molecule has 0 saturated carbocycles. The van der Waals surface area contributed by atoms with Crippen LogP contribution in [0.25, 0.3) is 11.3 Å². The number of ether oxygens (including phenoxy) is 1. The molecule has 144 valence electrons. The Morgan fingerprint density at radius 3 is 2.43 bits per heavy atom. The normalized spacial score (nSPS) is 10.5. The first-order chi connectivity index (χ1) is 13.5. The highest BCUT2D eigenvalue weighted by Crippen LogP contribution is 2.17. The third-order valence-electron chi connectivity index (χ3n) is 3.72. The van der Waals surface area contributed by atoms with E-state index in [1.54, 1.807) is 6.07 Å². The van der Waals surface area contributed by atoms with Gasteiger partial charge in [0.05, 0.1) is 12.1 Å². The fraction of sp³-hybridized carbons (Fsp3) is 0.105. The number of halogens is 2. The Morgan fingerprint density at radius 2 is 1.75 bits per heavy atom. The highest BCUT2D eigenvalue weighted by molar-refractivity contribution is 5.94. The maximum Gasteiger partial charge on any atom is 0.387 e. The first-order valence-electron chi connectivity index (χ1n) is 8.25. The lowest BCUT2D eigenvalue weighted by molar-refractivity contribution is -0.121. The predicted molar refractivity (Wildman–Crippen MR) is 96.4 cm³/mol. The van der Waals surface area contributed by atoms with Crippen molar-refractivity contribution in [3.05, 3.63) is 71.9 Å². The van der Waals surface area contributed by atoms with Crippen LogP contribution in [-0.2, 0) is 11.2 Å². The van der Waals surface area contributed by atoms with Gasteiger partial charge < -0.3 is 4.74 Å². The van der Waals surface area contributed by atoms with Crippen molar-refractivity contribution >= 4 is 11.8 Å². The van der Waals surface area contributed by atoms with Gasteiger partial charge in [0.15, 0.2) is 0 Å². The second kappa shape index (κ2) is 8.76. The number of aromatic amines is 1. The summed E-state index contributed by atoms with van der Waals surface area (Å²) < 4.78 is 28.5. The van der Waals surface area contributed by atoms with Gasteiger partial charge >= 0.3 is 6.61 Å². The highest BCUT2D eigenvalue weighted by Gasteiger charge is 2.12. The number of benzene rings is 2. The monoisotopic (exact) mass is 386 g/mol. The summed E-state index contributed by atoms with van der Waals surface area (Å²) in [7, 11) is 0. The van der Waals surface area contributed by atoms with E-state index in [1.807, 2.05) is 30.3 Å². The number of nitrogens with zero attached hydrogens (tertiary/aromatic N) is 1. The fourth-order valence-corrected chi connectivity index (χ4v) is 2.41. The number of H-pyrrole nitrogens is 1. The zero-order valence-electron chi connectivity index (χ0n) is 14.5. The summed E-state index contributed by atoms with van der Waals surface area (Å²) in [4.78, 5) is 24.0. The van der Waals surface area contributed by atoms with E-state index in [2.05, 4.69) is 25.8 Å². The van der Waals surface area contributed by atoms with Crippen molar-refractivity contribution in [3.8, 4) is 17.0 Å². The van der Waals surface area contributed by atoms with E-state index in [9.17, 15) is 18.4 Å². The number of hydrogen-bond donors (Lipinski definition) is 3. The smallest absolute Gasteiger partial charge is 0.387 e. The van der Waals surface area contributed by atoms with Crippen LogP contribution in [0.15, 0.2) is 60.7 Å². The zero-order valence-corrected chi connectivity index (χ0v) is 14.5. The molecule has 0 bridgehead atoms. The number of alkyl halides is 2. The van der Waals surface area contributed by atoms with Crippen LogP contribution in [0.4, 0.5) is 8.78 Å². The molecule has 0 aliphatic carbocycles. The van der Waals surface area contributed by atoms with Crippen LogP contribution < -0.4 is 15.6 Å². The van der Waals surface area contributed by atoms with E-state index in [0.29, 0.717) is 11.3 Å². The van der Waals surface area contributed by atoms with Crippen LogP contribution >= 0.6 is 0 Å². The summed E-state index contributed by atoms with van der Waals surface area (Å²) in [6.45, 7) is -2.91. The second-order valence-corrected chi connectivity index (χ2v) is 5.73. The molecule has 0 aliphatic rings. The standard InChI is InChI=1S/C19H16F2N4O3/c20-19(21)28-14-8-6-12(7-9-14)10-17(26)24-25-18(27)16-11-15(22-23-16)13-4-2-1-3-5-13/h1-9,11,19H,10H2,(H,22,23)(H,24,26)(H,25,27). The van der Waals surface area contributed by atoms with Crippen LogP contribution in [0.1, 0.15) is 16.1 Å². The molecule has 0 fully saturated rings. The number of hydrazine groups is 1. The molecule has 0 radical (unpaired) electrons. The number of amides is 2. The third kappa shape index (κ3) is 5.13. The second-order valence-electron chi connectivity index (χ2n) is 5.73. The lowest BCUT2D eigenvalue weighted by Crippen LogP contribution is -2.42. The Hall–Kier alpha value is -3.75. The van der Waals surface area contributed by atoms with Crippen LogP contribution in [0, 0.1) is 0 Å². The van der Waals surface area contributed by atoms with Crippen molar-refractivity contribution in [2.45, 2.75) is 13.0 Å². The van der Waals surface area contributed by atoms with E-state index in [4.69, 9.17) is 0 Å². The van der Waals surface area contributed by atoms with Crippen molar-refractivity contribution in [1.82, 2.24) is 21.0 Å². The quantitative estimate of drug-likeness (QED) is 0.568. The Kier molecular flexibility index (Phi) is 5.95. The van der Waals surface area contributed by atoms with Crippen LogP contribution in [-0.4, -0.2) is 28.6 Å². The van der Waals surface area contributed by atoms with E-state index in [1.165, 1.54) is 24.3 Å². The molecule has 0 saturated heterocycles. The molecule has 7 nitrogen and oxygen atoms in total. The first-order valence-corrected chi connectivity index (χ1v) is 8.25. The average Bonchev–Trinajstić information content (AvgIpc) is 3.18. The summed E-state index contributed by atoms with van der Waals surface area (Å²) in [5.74, 6) is -1.02. The van der Waals surface area contributed by atoms with Gasteiger partial charge in [-0.3, -0.25) is 25.5 Å². The topological polar surface area (TPSA) is 96.1 Å². The lowest BCUT2D eigenvalue weighted by atomic mass is 10.1. The minimum Gasteiger partial charge on any atom is -0.435 e. The first kappa shape index (κ1) is 19.0. The molecule has 0 aliphatic heterocycles. The van der Waals surface area contributed by atoms with Crippen molar-refractivity contribution in [3.63, 3.8) is 0 Å². The molecule has 0 unspecified atom stereocenters. The molecule has 2 amide bonds. The Balaban J connectivity index is 1.50. The Labute approximate surface area is 158 Å². The van der Waals surface area contributed by atoms with Gasteiger partial charge in [0.25, 0.3) is 5.91 Å². The summed E-state index contributed by atoms with van der Waals surface area (Å²) in [6.07, 6.45) is -0.0481. The number of carbonyl (C=O) groups is 2. The highest BCUT2D eigenvalue weighted by atomic mass is 19.3. The number of carbonyl (C=O) groups excluding carboxylic acids is 2. The number of hydrogen-bond acceptors (Lipinski definition) is 4. The molecule has 3 N–H and O–H groups in total. The summed E-state index contributed by atoms with van der Waals surface area (Å²) in [5, 5.41) is 6.68. The molecule has 9 heteroatoms. The minimum absolute atomic E-state index is 0.000858. The summed E-state index contributed by atoms with van der Waals surface area (Å²) in [5.41, 5.74) is 6.78. The Morgan fingerprint density at radius 1 is 1.04 bits per heavy atom. The predicted octanol–water partition coefficient (Wildman–Crippen LogP) is 2.68. The van der Waals surface area contributed by atoms with E-state index < -0.39 is 18.4 Å². The van der Waals surface area contributed by atoms with Gasteiger partial charge in [0, 0.05) is 5.56 Å². The molecule has 2 aromatic carbocycles. The maximum absolute atomic E-state index is 12.1. The number of nitrogens with one attached hydrogen (secondary N) is 3. The van der Waals surface area contributed by atoms with E-state index in [-0.39, 0.29) is 17.9 Å². The molecule has 3 rings (SSSR count).